The first-order valence-corrected chi connectivity index (χ1v) is 8.48. The maximum absolute atomic E-state index is 12.1. The highest BCUT2D eigenvalue weighted by molar-refractivity contribution is 5.98. The van der Waals surface area contributed by atoms with Crippen molar-refractivity contribution >= 4 is 27.8 Å². The third-order valence-corrected chi connectivity index (χ3v) is 4.84. The molecule has 0 saturated carbocycles. The fraction of sp³-hybridized carbons (Fsp3) is 0.471. The number of aromatic amines is 1. The summed E-state index contributed by atoms with van der Waals surface area (Å²) in [7, 11) is 2.16. The second-order valence-electron chi connectivity index (χ2n) is 6.40. The first-order chi connectivity index (χ1) is 11.7. The Morgan fingerprint density at radius 1 is 1.17 bits per heavy atom. The number of anilines is 1. The van der Waals surface area contributed by atoms with Crippen LogP contribution in [0.25, 0.3) is 21.9 Å². The maximum Gasteiger partial charge on any atom is 0.326 e. The standard InChI is InChI=1S/C17H22N6O/c1-3-23-15-10-13-12(9-14(15)20-17(23)24)16(19-11-18-13)22-6-4-5-21(2)7-8-22/h9-11H,3-8H2,1-2H3,(H,20,24). The Hall–Kier alpha value is -2.41. The molecule has 1 aromatic carbocycles. The second-order valence-corrected chi connectivity index (χ2v) is 6.40. The predicted molar refractivity (Wildman–Crippen MR) is 95.7 cm³/mol. The number of fused-ring (bicyclic) bond motifs is 2. The Balaban J connectivity index is 1.87. The molecule has 0 spiro atoms. The molecule has 2 aromatic heterocycles. The van der Waals surface area contributed by atoms with Crippen LogP contribution in [-0.2, 0) is 6.54 Å². The van der Waals surface area contributed by atoms with Gasteiger partial charge in [0.1, 0.15) is 12.1 Å². The van der Waals surface area contributed by atoms with Crippen LogP contribution in [0.2, 0.25) is 0 Å². The third kappa shape index (κ3) is 2.45. The van der Waals surface area contributed by atoms with Crippen LogP contribution < -0.4 is 10.6 Å². The molecule has 1 aliphatic rings. The predicted octanol–water partition coefficient (Wildman–Crippen LogP) is 1.43. The number of benzene rings is 1. The van der Waals surface area contributed by atoms with Crippen molar-refractivity contribution in [3.63, 3.8) is 0 Å². The lowest BCUT2D eigenvalue weighted by Gasteiger charge is -2.22. The molecule has 3 aromatic rings. The molecule has 1 fully saturated rings. The van der Waals surface area contributed by atoms with Crippen LogP contribution in [0.4, 0.5) is 5.82 Å². The average molecular weight is 326 g/mol. The molecule has 0 radical (unpaired) electrons. The molecule has 3 heterocycles. The van der Waals surface area contributed by atoms with Crippen LogP contribution in [0, 0.1) is 0 Å². The first-order valence-electron chi connectivity index (χ1n) is 8.48. The molecule has 1 saturated heterocycles. The molecule has 0 bridgehead atoms. The molecule has 1 aliphatic heterocycles. The van der Waals surface area contributed by atoms with Crippen LogP contribution in [0.15, 0.2) is 23.3 Å². The Bertz CT molecular complexity index is 943. The Kier molecular flexibility index (Phi) is 3.72. The smallest absolute Gasteiger partial charge is 0.326 e. The first kappa shape index (κ1) is 15.1. The summed E-state index contributed by atoms with van der Waals surface area (Å²) in [5.41, 5.74) is 2.55. The van der Waals surface area contributed by atoms with E-state index in [2.05, 4.69) is 31.8 Å². The molecule has 1 N–H and O–H groups in total. The average Bonchev–Trinajstić information content (AvgIpc) is 2.73. The van der Waals surface area contributed by atoms with E-state index in [1.165, 1.54) is 0 Å². The van der Waals surface area contributed by atoms with Crippen molar-refractivity contribution in [2.75, 3.05) is 38.1 Å². The zero-order chi connectivity index (χ0) is 16.7. The highest BCUT2D eigenvalue weighted by Gasteiger charge is 2.17. The summed E-state index contributed by atoms with van der Waals surface area (Å²) in [5, 5.41) is 0.999. The largest absolute Gasteiger partial charge is 0.355 e. The number of hydrogen-bond acceptors (Lipinski definition) is 5. The molecule has 7 heteroatoms. The van der Waals surface area contributed by atoms with Crippen molar-refractivity contribution in [1.82, 2.24) is 24.4 Å². The fourth-order valence-electron chi connectivity index (χ4n) is 3.52. The van der Waals surface area contributed by atoms with Gasteiger partial charge in [0, 0.05) is 31.6 Å². The van der Waals surface area contributed by atoms with Gasteiger partial charge < -0.3 is 14.8 Å². The van der Waals surface area contributed by atoms with Crippen molar-refractivity contribution in [3.05, 3.63) is 28.9 Å². The van der Waals surface area contributed by atoms with Gasteiger partial charge in [-0.3, -0.25) is 4.57 Å². The van der Waals surface area contributed by atoms with Crippen LogP contribution in [-0.4, -0.2) is 57.6 Å². The van der Waals surface area contributed by atoms with Crippen molar-refractivity contribution in [2.45, 2.75) is 19.9 Å². The van der Waals surface area contributed by atoms with E-state index in [1.54, 1.807) is 10.9 Å². The van der Waals surface area contributed by atoms with Gasteiger partial charge >= 0.3 is 5.69 Å². The highest BCUT2D eigenvalue weighted by atomic mass is 16.1. The van der Waals surface area contributed by atoms with Gasteiger partial charge in [-0.1, -0.05) is 0 Å². The molecule has 7 nitrogen and oxygen atoms in total. The zero-order valence-electron chi connectivity index (χ0n) is 14.1. The summed E-state index contributed by atoms with van der Waals surface area (Å²) in [5.74, 6) is 0.960. The molecule has 24 heavy (non-hydrogen) atoms. The van der Waals surface area contributed by atoms with E-state index in [0.717, 1.165) is 60.4 Å². The van der Waals surface area contributed by atoms with Gasteiger partial charge in [0.15, 0.2) is 0 Å². The van der Waals surface area contributed by atoms with E-state index in [1.807, 2.05) is 19.1 Å². The lowest BCUT2D eigenvalue weighted by Crippen LogP contribution is -2.29. The van der Waals surface area contributed by atoms with Gasteiger partial charge in [-0.05, 0) is 39.1 Å². The minimum atomic E-state index is -0.0753. The second kappa shape index (κ2) is 5.90. The number of nitrogens with one attached hydrogen (secondary N) is 1. The summed E-state index contributed by atoms with van der Waals surface area (Å²) in [4.78, 5) is 28.7. The molecular weight excluding hydrogens is 304 g/mol. The minimum Gasteiger partial charge on any atom is -0.355 e. The lowest BCUT2D eigenvalue weighted by atomic mass is 10.2. The summed E-state index contributed by atoms with van der Waals surface area (Å²) in [6.07, 6.45) is 2.74. The third-order valence-electron chi connectivity index (χ3n) is 4.84. The molecular formula is C17H22N6O. The van der Waals surface area contributed by atoms with E-state index in [4.69, 9.17) is 0 Å². The van der Waals surface area contributed by atoms with E-state index in [-0.39, 0.29) is 5.69 Å². The van der Waals surface area contributed by atoms with E-state index >= 15 is 0 Å². The number of likely N-dealkylation sites (N-methyl/N-ethyl adjacent to an activating group) is 1. The highest BCUT2D eigenvalue weighted by Crippen LogP contribution is 2.27. The van der Waals surface area contributed by atoms with Gasteiger partial charge in [0.2, 0.25) is 0 Å². The van der Waals surface area contributed by atoms with Gasteiger partial charge in [-0.25, -0.2) is 14.8 Å². The number of nitrogens with zero attached hydrogens (tertiary/aromatic N) is 5. The summed E-state index contributed by atoms with van der Waals surface area (Å²) in [6, 6.07) is 4.00. The summed E-state index contributed by atoms with van der Waals surface area (Å²) >= 11 is 0. The van der Waals surface area contributed by atoms with Crippen LogP contribution in [0.3, 0.4) is 0 Å². The molecule has 0 atom stereocenters. The number of aryl methyl sites for hydroxylation is 1. The minimum absolute atomic E-state index is 0.0753. The van der Waals surface area contributed by atoms with Crippen LogP contribution in [0.1, 0.15) is 13.3 Å². The van der Waals surface area contributed by atoms with Crippen molar-refractivity contribution < 1.29 is 0 Å². The van der Waals surface area contributed by atoms with Crippen molar-refractivity contribution in [2.24, 2.45) is 0 Å². The van der Waals surface area contributed by atoms with Crippen LogP contribution in [0.5, 0.6) is 0 Å². The molecule has 0 amide bonds. The van der Waals surface area contributed by atoms with Gasteiger partial charge in [-0.2, -0.15) is 0 Å². The monoisotopic (exact) mass is 326 g/mol. The molecule has 126 valence electrons. The lowest BCUT2D eigenvalue weighted by molar-refractivity contribution is 0.360. The van der Waals surface area contributed by atoms with E-state index in [0.29, 0.717) is 6.54 Å². The normalized spacial score (nSPS) is 16.8. The fourth-order valence-corrected chi connectivity index (χ4v) is 3.52. The van der Waals surface area contributed by atoms with Gasteiger partial charge in [0.05, 0.1) is 16.6 Å². The topological polar surface area (TPSA) is 70.1 Å². The Labute approximate surface area is 139 Å². The number of H-pyrrole nitrogens is 1. The summed E-state index contributed by atoms with van der Waals surface area (Å²) in [6.45, 7) is 6.68. The van der Waals surface area contributed by atoms with Crippen LogP contribution >= 0.6 is 0 Å². The van der Waals surface area contributed by atoms with Gasteiger partial charge in [0.25, 0.3) is 0 Å². The molecule has 0 unspecified atom stereocenters. The Morgan fingerprint density at radius 3 is 2.88 bits per heavy atom. The molecule has 0 aliphatic carbocycles. The number of imidazole rings is 1. The molecule has 4 rings (SSSR count). The van der Waals surface area contributed by atoms with Gasteiger partial charge in [-0.15, -0.1) is 0 Å². The van der Waals surface area contributed by atoms with Crippen molar-refractivity contribution in [3.8, 4) is 0 Å². The number of rotatable bonds is 2. The Morgan fingerprint density at radius 2 is 2.04 bits per heavy atom. The number of aromatic nitrogens is 4. The zero-order valence-corrected chi connectivity index (χ0v) is 14.1. The van der Waals surface area contributed by atoms with Crippen molar-refractivity contribution in [1.29, 1.82) is 0 Å². The van der Waals surface area contributed by atoms with E-state index in [9.17, 15) is 4.79 Å². The number of hydrogen-bond donors (Lipinski definition) is 1. The quantitative estimate of drug-likeness (QED) is 0.771. The SMILES string of the molecule is CCn1c(=O)[nH]c2cc3c(N4CCCN(C)CC4)ncnc3cc21. The maximum atomic E-state index is 12.1. The summed E-state index contributed by atoms with van der Waals surface area (Å²) < 4.78 is 1.73. The van der Waals surface area contributed by atoms with E-state index < -0.39 is 0 Å².